The van der Waals surface area contributed by atoms with Crippen LogP contribution in [0.4, 0.5) is 0 Å². The van der Waals surface area contributed by atoms with E-state index in [-0.39, 0.29) is 94.8 Å². The van der Waals surface area contributed by atoms with E-state index in [1.54, 1.807) is 0 Å². The van der Waals surface area contributed by atoms with Crippen molar-refractivity contribution in [3.63, 3.8) is 0 Å². The molecule has 216 valence electrons. The Morgan fingerprint density at radius 2 is 1.18 bits per heavy atom. The van der Waals surface area contributed by atoms with E-state index in [2.05, 4.69) is 39.0 Å². The third-order valence-electron chi connectivity index (χ3n) is 5.76. The van der Waals surface area contributed by atoms with E-state index in [4.69, 9.17) is 23.8 Å². The van der Waals surface area contributed by atoms with Crippen molar-refractivity contribution < 1.29 is 33.2 Å². The van der Waals surface area contributed by atoms with Gasteiger partial charge in [-0.05, 0) is 32.1 Å². The van der Waals surface area contributed by atoms with Gasteiger partial charge in [0.15, 0.2) is 0 Å². The number of nitrogens with one attached hydrogen (secondary N) is 4. The van der Waals surface area contributed by atoms with Gasteiger partial charge in [-0.1, -0.05) is 31.6 Å². The zero-order chi connectivity index (χ0) is 29.7. The van der Waals surface area contributed by atoms with E-state index in [9.17, 15) is 28.6 Å². The first-order valence-corrected chi connectivity index (χ1v) is 14.4. The minimum absolute atomic E-state index is 0.0122. The number of hydrogen-bond donors (Lipinski definition) is 4. The summed E-state index contributed by atoms with van der Waals surface area (Å²) >= 11 is 0. The molecule has 0 fully saturated rings. The Balaban J connectivity index is 5.52. The molecule has 0 heterocycles. The van der Waals surface area contributed by atoms with Crippen molar-refractivity contribution in [1.29, 1.82) is 0 Å². The summed E-state index contributed by atoms with van der Waals surface area (Å²) in [4.78, 5) is 61.6. The molecule has 0 aromatic heterocycles. The highest BCUT2D eigenvalue weighted by Gasteiger charge is 2.33. The minimum Gasteiger partial charge on any atom is -0.778 e. The Bertz CT molecular complexity index is 908. The fraction of sp³-hybridized carbons (Fsp3) is 0.630. The molecule has 4 amide bonds. The second-order valence-electron chi connectivity index (χ2n) is 9.19. The summed E-state index contributed by atoms with van der Waals surface area (Å²) in [7, 11) is -3.94. The summed E-state index contributed by atoms with van der Waals surface area (Å²) in [5.41, 5.74) is -1.72. The molecule has 0 bridgehead atoms. The lowest BCUT2D eigenvalue weighted by molar-refractivity contribution is -0.200. The van der Waals surface area contributed by atoms with Crippen LogP contribution in [0.5, 0.6) is 0 Å². The van der Waals surface area contributed by atoms with Crippen LogP contribution in [0.2, 0.25) is 0 Å². The zero-order valence-electron chi connectivity index (χ0n) is 22.8. The number of unbranched alkanes of at least 4 members (excludes halogenated alkanes) is 1. The van der Waals surface area contributed by atoms with E-state index in [0.29, 0.717) is 12.8 Å². The molecule has 39 heavy (non-hydrogen) atoms. The van der Waals surface area contributed by atoms with Crippen LogP contribution in [0.3, 0.4) is 0 Å². The molecule has 0 aliphatic carbocycles. The van der Waals surface area contributed by atoms with Gasteiger partial charge in [-0.2, -0.15) is 0 Å². The summed E-state index contributed by atoms with van der Waals surface area (Å²) in [6.45, 7) is 3.11. The highest BCUT2D eigenvalue weighted by atomic mass is 31.2. The van der Waals surface area contributed by atoms with Crippen LogP contribution >= 0.6 is 7.60 Å². The summed E-state index contributed by atoms with van der Waals surface area (Å²) < 4.78 is 16.7. The first kappa shape index (κ1) is 35.7. The van der Waals surface area contributed by atoms with Gasteiger partial charge in [-0.3, -0.25) is 19.2 Å². The maximum atomic E-state index is 12.9. The highest BCUT2D eigenvalue weighted by Crippen LogP contribution is 2.42. The van der Waals surface area contributed by atoms with E-state index >= 15 is 0 Å². The van der Waals surface area contributed by atoms with Gasteiger partial charge < -0.3 is 35.2 Å². The number of rotatable bonds is 20. The fourth-order valence-corrected chi connectivity index (χ4v) is 4.10. The third-order valence-corrected chi connectivity index (χ3v) is 7.57. The summed E-state index contributed by atoms with van der Waals surface area (Å²) in [6.07, 6.45) is 16.7. The Labute approximate surface area is 231 Å². The molecule has 12 heteroatoms. The normalized spacial score (nSPS) is 12.2. The van der Waals surface area contributed by atoms with Gasteiger partial charge in [0.25, 0.3) is 0 Å². The summed E-state index contributed by atoms with van der Waals surface area (Å²) in [6, 6.07) is 0. The van der Waals surface area contributed by atoms with Crippen LogP contribution in [0.15, 0.2) is 0 Å². The predicted molar refractivity (Wildman–Crippen MR) is 147 cm³/mol. The van der Waals surface area contributed by atoms with Crippen molar-refractivity contribution in [2.45, 2.75) is 82.8 Å². The highest BCUT2D eigenvalue weighted by molar-refractivity contribution is 7.52. The molecule has 4 N–H and O–H groups in total. The van der Waals surface area contributed by atoms with Gasteiger partial charge in [0, 0.05) is 36.9 Å². The topological polar surface area (TPSA) is 166 Å². The lowest BCUT2D eigenvalue weighted by Crippen LogP contribution is -2.50. The number of carbonyl (C=O) groups is 4. The average molecular weight is 564 g/mol. The summed E-state index contributed by atoms with van der Waals surface area (Å²) in [5, 5.41) is 10.6. The SMILES string of the molecule is C#CCNC(=O)CCC(CCC(=O)NCC#C)(CCC(=O)NCC#C)NC(=O)CCCCOP(=O)([O-])C(C)C. The number of hydrogen-bond acceptors (Lipinski definition) is 7. The summed E-state index contributed by atoms with van der Waals surface area (Å²) in [5.74, 6) is 5.52. The molecular formula is C27H40N4O7P-. The number of carbonyl (C=O) groups excluding carboxylic acids is 4. The first-order chi connectivity index (χ1) is 18.4. The molecule has 0 aliphatic rings. The van der Waals surface area contributed by atoms with Gasteiger partial charge in [0.05, 0.1) is 26.2 Å². The molecule has 0 radical (unpaired) electrons. The minimum atomic E-state index is -3.94. The second kappa shape index (κ2) is 19.7. The maximum Gasteiger partial charge on any atom is 0.220 e. The lowest BCUT2D eigenvalue weighted by atomic mass is 9.83. The van der Waals surface area contributed by atoms with Crippen molar-refractivity contribution in [1.82, 2.24) is 21.3 Å². The molecule has 0 aromatic rings. The number of terminal acetylenes is 3. The molecule has 1 atom stereocenters. The van der Waals surface area contributed by atoms with Crippen molar-refractivity contribution in [2.24, 2.45) is 0 Å². The van der Waals surface area contributed by atoms with Crippen LogP contribution in [0.25, 0.3) is 0 Å². The van der Waals surface area contributed by atoms with Crippen LogP contribution in [-0.4, -0.2) is 61.1 Å². The van der Waals surface area contributed by atoms with Crippen LogP contribution < -0.4 is 26.2 Å². The van der Waals surface area contributed by atoms with Gasteiger partial charge in [0.2, 0.25) is 23.6 Å². The first-order valence-electron chi connectivity index (χ1n) is 12.8. The van der Waals surface area contributed by atoms with E-state index in [1.165, 1.54) is 13.8 Å². The van der Waals surface area contributed by atoms with Crippen molar-refractivity contribution in [2.75, 3.05) is 26.2 Å². The van der Waals surface area contributed by atoms with Gasteiger partial charge >= 0.3 is 0 Å². The fourth-order valence-electron chi connectivity index (χ4n) is 3.42. The molecule has 0 aromatic carbocycles. The van der Waals surface area contributed by atoms with Gasteiger partial charge in [-0.25, -0.2) is 0 Å². The Morgan fingerprint density at radius 1 is 0.769 bits per heavy atom. The maximum absolute atomic E-state index is 12.9. The molecule has 0 aliphatic heterocycles. The third kappa shape index (κ3) is 17.0. The number of amides is 4. The van der Waals surface area contributed by atoms with Crippen LogP contribution in [0, 0.1) is 37.0 Å². The van der Waals surface area contributed by atoms with Crippen molar-refractivity contribution >= 4 is 31.2 Å². The Kier molecular flexibility index (Phi) is 18.1. The average Bonchev–Trinajstić information content (AvgIpc) is 2.89. The van der Waals surface area contributed by atoms with Gasteiger partial charge in [0.1, 0.15) is 7.60 Å². The smallest absolute Gasteiger partial charge is 0.220 e. The molecule has 0 spiro atoms. The standard InChI is InChI=1S/C27H41N4O7P/c1-6-18-28-23(32)12-15-27(16-13-24(33)29-19-7-2,17-14-25(34)30-20-8-3)31-26(35)11-9-10-21-38-39(36,37)22(4)5/h1-3,22H,9-21H2,4-5H3,(H,28,32)(H,29,33)(H,30,34)(H,31,35)(H,36,37)/p-1. The molecular weight excluding hydrogens is 523 g/mol. The largest absolute Gasteiger partial charge is 0.778 e. The van der Waals surface area contributed by atoms with Crippen LogP contribution in [0.1, 0.15) is 71.6 Å². The Morgan fingerprint density at radius 3 is 1.54 bits per heavy atom. The monoisotopic (exact) mass is 563 g/mol. The van der Waals surface area contributed by atoms with E-state index in [0.717, 1.165) is 0 Å². The second-order valence-corrected chi connectivity index (χ2v) is 11.6. The predicted octanol–water partition coefficient (Wildman–Crippen LogP) is 0.579. The van der Waals surface area contributed by atoms with E-state index < -0.39 is 18.8 Å². The molecule has 1 unspecified atom stereocenters. The van der Waals surface area contributed by atoms with Crippen LogP contribution in [-0.2, 0) is 28.3 Å². The van der Waals surface area contributed by atoms with Crippen molar-refractivity contribution in [3.05, 3.63) is 0 Å². The molecule has 11 nitrogen and oxygen atoms in total. The molecule has 0 saturated heterocycles. The lowest BCUT2D eigenvalue weighted by Gasteiger charge is -2.35. The quantitative estimate of drug-likeness (QED) is 0.0955. The van der Waals surface area contributed by atoms with Gasteiger partial charge in [-0.15, -0.1) is 19.3 Å². The van der Waals surface area contributed by atoms with Crippen molar-refractivity contribution in [3.8, 4) is 37.0 Å². The Hall–Kier alpha value is -3.29. The molecule has 0 saturated carbocycles. The van der Waals surface area contributed by atoms with E-state index in [1.807, 2.05) is 0 Å². The molecule has 0 rings (SSSR count). The zero-order valence-corrected chi connectivity index (χ0v) is 23.7.